The number of aromatic amines is 1. The molecule has 0 aliphatic carbocycles. The van der Waals surface area contributed by atoms with Crippen LogP contribution in [0.4, 0.5) is 13.2 Å². The van der Waals surface area contributed by atoms with Crippen LogP contribution >= 0.6 is 11.6 Å². The fourth-order valence-corrected chi connectivity index (χ4v) is 3.71. The van der Waals surface area contributed by atoms with Gasteiger partial charge in [0.15, 0.2) is 0 Å². The number of nitrogens with zero attached hydrogens (tertiary/aromatic N) is 2. The van der Waals surface area contributed by atoms with E-state index < -0.39 is 34.0 Å². The molecule has 0 aliphatic heterocycles. The van der Waals surface area contributed by atoms with Crippen LogP contribution in [0.3, 0.4) is 0 Å². The second-order valence-corrected chi connectivity index (χ2v) is 7.26. The third-order valence-corrected chi connectivity index (χ3v) is 5.11. The zero-order chi connectivity index (χ0) is 18.4. The summed E-state index contributed by atoms with van der Waals surface area (Å²) in [5.74, 6) is -1.98. The highest BCUT2D eigenvalue weighted by Crippen LogP contribution is 2.29. The average Bonchev–Trinajstić information content (AvgIpc) is 3.12. The maximum atomic E-state index is 12.5. The number of H-pyrrole nitrogens is 1. The molecule has 0 saturated heterocycles. The van der Waals surface area contributed by atoms with Crippen LogP contribution in [0.2, 0.25) is 5.02 Å². The Labute approximate surface area is 144 Å². The molecule has 0 amide bonds. The molecule has 1 aromatic carbocycles. The second kappa shape index (κ2) is 6.00. The number of benzene rings is 1. The van der Waals surface area contributed by atoms with E-state index in [9.17, 15) is 21.6 Å². The monoisotopic (exact) mass is 394 g/mol. The molecule has 3 rings (SSSR count). The van der Waals surface area contributed by atoms with Crippen molar-refractivity contribution in [3.8, 4) is 0 Å². The summed E-state index contributed by atoms with van der Waals surface area (Å²) >= 11 is 5.84. The van der Waals surface area contributed by atoms with E-state index in [0.29, 0.717) is 15.9 Å². The van der Waals surface area contributed by atoms with Gasteiger partial charge in [-0.2, -0.15) is 22.9 Å². The van der Waals surface area contributed by atoms with Crippen molar-refractivity contribution in [2.45, 2.75) is 24.0 Å². The Kier molecular flexibility index (Phi) is 4.25. The van der Waals surface area contributed by atoms with Crippen LogP contribution < -0.4 is 4.72 Å². The molecule has 0 aliphatic rings. The molecule has 134 valence electrons. The van der Waals surface area contributed by atoms with Gasteiger partial charge in [0.25, 0.3) is 5.82 Å². The molecule has 0 radical (unpaired) electrons. The molecule has 1 unspecified atom stereocenters. The molecular weight excluding hydrogens is 385 g/mol. The summed E-state index contributed by atoms with van der Waals surface area (Å²) < 4.78 is 69.2. The molecule has 2 N–H and O–H groups in total. The Morgan fingerprint density at radius 1 is 1.36 bits per heavy atom. The predicted molar refractivity (Wildman–Crippen MR) is 81.3 cm³/mol. The predicted octanol–water partition coefficient (Wildman–Crippen LogP) is 3.26. The molecule has 2 aromatic heterocycles. The number of alkyl halides is 3. The zero-order valence-electron chi connectivity index (χ0n) is 12.4. The lowest BCUT2D eigenvalue weighted by atomic mass is 10.2. The fraction of sp³-hybridized carbons (Fsp3) is 0.231. The van der Waals surface area contributed by atoms with E-state index in [1.54, 1.807) is 6.07 Å². The molecule has 12 heteroatoms. The molecular formula is C13H10ClF3N4O3S. The molecule has 0 fully saturated rings. The van der Waals surface area contributed by atoms with Gasteiger partial charge in [-0.1, -0.05) is 16.8 Å². The summed E-state index contributed by atoms with van der Waals surface area (Å²) in [4.78, 5) is 5.85. The molecule has 1 atom stereocenters. The van der Waals surface area contributed by atoms with Crippen molar-refractivity contribution < 1.29 is 26.1 Å². The quantitative estimate of drug-likeness (QED) is 0.707. The third-order valence-electron chi connectivity index (χ3n) is 3.29. The number of sulfonamides is 1. The number of rotatable bonds is 4. The Balaban J connectivity index is 1.89. The van der Waals surface area contributed by atoms with Crippen molar-refractivity contribution in [1.82, 2.24) is 19.8 Å². The molecule has 0 saturated carbocycles. The Hall–Kier alpha value is -2.11. The van der Waals surface area contributed by atoms with Gasteiger partial charge in [0.2, 0.25) is 15.9 Å². The zero-order valence-corrected chi connectivity index (χ0v) is 14.0. The first-order valence-corrected chi connectivity index (χ1v) is 8.64. The first-order valence-electron chi connectivity index (χ1n) is 6.78. The summed E-state index contributed by atoms with van der Waals surface area (Å²) in [6.07, 6.45) is -3.53. The maximum Gasteiger partial charge on any atom is 0.455 e. The van der Waals surface area contributed by atoms with Gasteiger partial charge in [-0.25, -0.2) is 8.42 Å². The van der Waals surface area contributed by atoms with E-state index in [2.05, 4.69) is 24.4 Å². The standard InChI is InChI=1S/C13H10ClF3N4O3S/c1-6(11-19-12(20-24-11)13(15,16)17)21-25(22,23)10-5-18-9-4-7(14)2-3-8(9)10/h2-6,18,21H,1H3. The third kappa shape index (κ3) is 3.48. The SMILES string of the molecule is CC(NS(=O)(=O)c1c[nH]c2cc(Cl)ccc12)c1nc(C(F)(F)F)no1. The fourth-order valence-electron chi connectivity index (χ4n) is 2.17. The highest BCUT2D eigenvalue weighted by Gasteiger charge is 2.38. The lowest BCUT2D eigenvalue weighted by Crippen LogP contribution is -2.27. The van der Waals surface area contributed by atoms with Crippen molar-refractivity contribution in [3.63, 3.8) is 0 Å². The highest BCUT2D eigenvalue weighted by atomic mass is 35.5. The number of hydrogen-bond donors (Lipinski definition) is 2. The molecule has 2 heterocycles. The lowest BCUT2D eigenvalue weighted by molar-refractivity contribution is -0.146. The van der Waals surface area contributed by atoms with Gasteiger partial charge in [-0.3, -0.25) is 0 Å². The van der Waals surface area contributed by atoms with E-state index in [-0.39, 0.29) is 4.90 Å². The van der Waals surface area contributed by atoms with Gasteiger partial charge < -0.3 is 9.51 Å². The summed E-state index contributed by atoms with van der Waals surface area (Å²) in [5.41, 5.74) is 0.498. The highest BCUT2D eigenvalue weighted by molar-refractivity contribution is 7.89. The molecule has 3 aromatic rings. The Bertz CT molecular complexity index is 1030. The Morgan fingerprint density at radius 3 is 2.72 bits per heavy atom. The smallest absolute Gasteiger partial charge is 0.360 e. The topological polar surface area (TPSA) is 101 Å². The van der Waals surface area contributed by atoms with Crippen molar-refractivity contribution in [3.05, 3.63) is 41.1 Å². The maximum absolute atomic E-state index is 12.5. The number of nitrogens with one attached hydrogen (secondary N) is 2. The first-order chi connectivity index (χ1) is 11.6. The van der Waals surface area contributed by atoms with Gasteiger partial charge in [0.1, 0.15) is 4.90 Å². The van der Waals surface area contributed by atoms with Crippen LogP contribution in [0, 0.1) is 0 Å². The van der Waals surface area contributed by atoms with Gasteiger partial charge in [0.05, 0.1) is 6.04 Å². The van der Waals surface area contributed by atoms with Crippen molar-refractivity contribution in [2.24, 2.45) is 0 Å². The average molecular weight is 395 g/mol. The number of aromatic nitrogens is 3. The van der Waals surface area contributed by atoms with Crippen LogP contribution in [0.5, 0.6) is 0 Å². The number of fused-ring (bicyclic) bond motifs is 1. The minimum absolute atomic E-state index is 0.0819. The van der Waals surface area contributed by atoms with Crippen molar-refractivity contribution >= 4 is 32.5 Å². The van der Waals surface area contributed by atoms with E-state index in [1.165, 1.54) is 25.3 Å². The summed E-state index contributed by atoms with van der Waals surface area (Å²) in [6.45, 7) is 1.29. The molecule has 0 spiro atoms. The second-order valence-electron chi connectivity index (χ2n) is 5.14. The minimum atomic E-state index is -4.78. The van der Waals surface area contributed by atoms with E-state index in [4.69, 9.17) is 11.6 Å². The van der Waals surface area contributed by atoms with E-state index in [1.807, 2.05) is 0 Å². The largest absolute Gasteiger partial charge is 0.455 e. The summed E-state index contributed by atoms with van der Waals surface area (Å²) in [6, 6.07) is 3.42. The minimum Gasteiger partial charge on any atom is -0.360 e. The van der Waals surface area contributed by atoms with Gasteiger partial charge in [-0.05, 0) is 25.1 Å². The number of hydrogen-bond acceptors (Lipinski definition) is 5. The van der Waals surface area contributed by atoms with Gasteiger partial charge >= 0.3 is 6.18 Å². The van der Waals surface area contributed by atoms with Crippen molar-refractivity contribution in [1.29, 1.82) is 0 Å². The van der Waals surface area contributed by atoms with Gasteiger partial charge in [0, 0.05) is 22.1 Å². The van der Waals surface area contributed by atoms with Crippen LogP contribution in [-0.2, 0) is 16.2 Å². The van der Waals surface area contributed by atoms with Crippen LogP contribution in [-0.4, -0.2) is 23.5 Å². The van der Waals surface area contributed by atoms with Crippen LogP contribution in [0.15, 0.2) is 33.8 Å². The van der Waals surface area contributed by atoms with Crippen molar-refractivity contribution in [2.75, 3.05) is 0 Å². The normalized spacial score (nSPS) is 14.1. The Morgan fingerprint density at radius 2 is 2.08 bits per heavy atom. The van der Waals surface area contributed by atoms with E-state index in [0.717, 1.165) is 0 Å². The molecule has 7 nitrogen and oxygen atoms in total. The summed E-state index contributed by atoms with van der Waals surface area (Å²) in [7, 11) is -4.06. The first kappa shape index (κ1) is 17.7. The van der Waals surface area contributed by atoms with Crippen LogP contribution in [0.1, 0.15) is 24.7 Å². The number of halogens is 4. The van der Waals surface area contributed by atoms with Crippen LogP contribution in [0.25, 0.3) is 10.9 Å². The lowest BCUT2D eigenvalue weighted by Gasteiger charge is -2.10. The molecule has 0 bridgehead atoms. The van der Waals surface area contributed by atoms with E-state index >= 15 is 0 Å². The molecule has 25 heavy (non-hydrogen) atoms. The van der Waals surface area contributed by atoms with Gasteiger partial charge in [-0.15, -0.1) is 0 Å². The summed E-state index contributed by atoms with van der Waals surface area (Å²) in [5, 5.41) is 3.60.